The lowest BCUT2D eigenvalue weighted by Crippen LogP contribution is -2.25. The molecule has 1 rings (SSSR count). The molecule has 1 atom stereocenters. The van der Waals surface area contributed by atoms with Crippen LogP contribution in [0.2, 0.25) is 0 Å². The van der Waals surface area contributed by atoms with Gasteiger partial charge in [0.25, 0.3) is 0 Å². The van der Waals surface area contributed by atoms with Crippen molar-refractivity contribution >= 4 is 0 Å². The molecule has 1 aromatic carbocycles. The van der Waals surface area contributed by atoms with Crippen molar-refractivity contribution in [3.05, 3.63) is 29.8 Å². The number of aliphatic hydroxyl groups is 1. The lowest BCUT2D eigenvalue weighted by molar-refractivity contribution is 0.261. The molecule has 74 valence electrons. The van der Waals surface area contributed by atoms with Crippen LogP contribution in [0.5, 0.6) is 5.75 Å². The molecule has 0 aliphatic rings. The van der Waals surface area contributed by atoms with Crippen molar-refractivity contribution in [2.75, 3.05) is 6.61 Å². The fourth-order valence-electron chi connectivity index (χ4n) is 0.992. The third-order valence-corrected chi connectivity index (χ3v) is 1.73. The number of nitrogens with two attached hydrogens (primary N) is 1. The number of nitrogens with zero attached hydrogens (tertiary/aromatic N) is 1. The molecule has 0 aliphatic heterocycles. The largest absolute Gasteiger partial charge is 0.490 e. The SMILES string of the molecule is N#CC(N)COc1ccccc1CO. The van der Waals surface area contributed by atoms with Crippen molar-refractivity contribution in [3.8, 4) is 11.8 Å². The number of hydrogen-bond acceptors (Lipinski definition) is 4. The van der Waals surface area contributed by atoms with Gasteiger partial charge in [0, 0.05) is 5.56 Å². The highest BCUT2D eigenvalue weighted by atomic mass is 16.5. The van der Waals surface area contributed by atoms with Gasteiger partial charge in [0.15, 0.2) is 0 Å². The van der Waals surface area contributed by atoms with Gasteiger partial charge >= 0.3 is 0 Å². The van der Waals surface area contributed by atoms with Gasteiger partial charge < -0.3 is 15.6 Å². The van der Waals surface area contributed by atoms with Gasteiger partial charge in [0.05, 0.1) is 12.7 Å². The van der Waals surface area contributed by atoms with Gasteiger partial charge in [0.2, 0.25) is 0 Å². The van der Waals surface area contributed by atoms with Crippen LogP contribution in [0, 0.1) is 11.3 Å². The molecule has 3 N–H and O–H groups in total. The summed E-state index contributed by atoms with van der Waals surface area (Å²) in [6, 6.07) is 8.32. The molecular formula is C10H12N2O2. The van der Waals surface area contributed by atoms with E-state index in [0.717, 1.165) is 0 Å². The van der Waals surface area contributed by atoms with Crippen molar-refractivity contribution < 1.29 is 9.84 Å². The van der Waals surface area contributed by atoms with Crippen LogP contribution in [-0.2, 0) is 6.61 Å². The Kier molecular flexibility index (Phi) is 3.92. The second-order valence-electron chi connectivity index (χ2n) is 2.81. The normalized spacial score (nSPS) is 11.8. The quantitative estimate of drug-likeness (QED) is 0.724. The van der Waals surface area contributed by atoms with E-state index in [0.29, 0.717) is 11.3 Å². The number of benzene rings is 1. The number of ether oxygens (including phenoxy) is 1. The number of rotatable bonds is 4. The second-order valence-corrected chi connectivity index (χ2v) is 2.81. The van der Waals surface area contributed by atoms with Crippen molar-refractivity contribution in [1.29, 1.82) is 5.26 Å². The van der Waals surface area contributed by atoms with Crippen molar-refractivity contribution in [1.82, 2.24) is 0 Å². The van der Waals surface area contributed by atoms with E-state index in [9.17, 15) is 0 Å². The smallest absolute Gasteiger partial charge is 0.127 e. The summed E-state index contributed by atoms with van der Waals surface area (Å²) in [6.07, 6.45) is 0. The molecule has 0 heterocycles. The van der Waals surface area contributed by atoms with E-state index in [-0.39, 0.29) is 13.2 Å². The van der Waals surface area contributed by atoms with Gasteiger partial charge in [-0.25, -0.2) is 0 Å². The third kappa shape index (κ3) is 2.73. The van der Waals surface area contributed by atoms with E-state index in [2.05, 4.69) is 0 Å². The van der Waals surface area contributed by atoms with Gasteiger partial charge in [-0.05, 0) is 6.07 Å². The number of nitriles is 1. The van der Waals surface area contributed by atoms with E-state index < -0.39 is 6.04 Å². The molecule has 14 heavy (non-hydrogen) atoms. The van der Waals surface area contributed by atoms with Crippen LogP contribution in [0.4, 0.5) is 0 Å². The molecule has 0 spiro atoms. The minimum absolute atomic E-state index is 0.0854. The van der Waals surface area contributed by atoms with Crippen molar-refractivity contribution in [2.45, 2.75) is 12.6 Å². The van der Waals surface area contributed by atoms with Crippen LogP contribution in [-0.4, -0.2) is 17.8 Å². The summed E-state index contributed by atoms with van der Waals surface area (Å²) in [7, 11) is 0. The summed E-state index contributed by atoms with van der Waals surface area (Å²) in [6.45, 7) is 0.0471. The van der Waals surface area contributed by atoms with E-state index in [1.807, 2.05) is 12.1 Å². The van der Waals surface area contributed by atoms with Crippen LogP contribution in [0.15, 0.2) is 24.3 Å². The summed E-state index contributed by atoms with van der Waals surface area (Å²) < 4.78 is 5.27. The molecule has 0 saturated carbocycles. The summed E-state index contributed by atoms with van der Waals surface area (Å²) >= 11 is 0. The lowest BCUT2D eigenvalue weighted by atomic mass is 10.2. The number of para-hydroxylation sites is 1. The molecule has 0 fully saturated rings. The predicted molar refractivity (Wildman–Crippen MR) is 51.4 cm³/mol. The van der Waals surface area contributed by atoms with Gasteiger partial charge in [-0.3, -0.25) is 0 Å². The molecule has 1 unspecified atom stereocenters. The minimum atomic E-state index is -0.637. The van der Waals surface area contributed by atoms with Gasteiger partial charge in [-0.2, -0.15) is 5.26 Å². The Morgan fingerprint density at radius 1 is 1.50 bits per heavy atom. The van der Waals surface area contributed by atoms with Crippen LogP contribution in [0.1, 0.15) is 5.56 Å². The average Bonchev–Trinajstić information content (AvgIpc) is 2.26. The highest BCUT2D eigenvalue weighted by Gasteiger charge is 2.04. The Bertz CT molecular complexity index is 333. The molecular weight excluding hydrogens is 180 g/mol. The van der Waals surface area contributed by atoms with E-state index in [4.69, 9.17) is 20.8 Å². The summed E-state index contributed by atoms with van der Waals surface area (Å²) in [4.78, 5) is 0. The van der Waals surface area contributed by atoms with Crippen LogP contribution >= 0.6 is 0 Å². The highest BCUT2D eigenvalue weighted by molar-refractivity contribution is 5.32. The van der Waals surface area contributed by atoms with Crippen molar-refractivity contribution in [2.24, 2.45) is 5.73 Å². The lowest BCUT2D eigenvalue weighted by Gasteiger charge is -2.10. The standard InChI is InChI=1S/C10H12N2O2/c11-5-9(12)7-14-10-4-2-1-3-8(10)6-13/h1-4,9,13H,6-7,12H2. The first-order valence-electron chi connectivity index (χ1n) is 4.24. The fraction of sp³-hybridized carbons (Fsp3) is 0.300. The molecule has 0 aliphatic carbocycles. The topological polar surface area (TPSA) is 79.3 Å². The maximum Gasteiger partial charge on any atom is 0.127 e. The molecule has 0 bridgehead atoms. The molecule has 0 amide bonds. The zero-order valence-electron chi connectivity index (χ0n) is 7.68. The number of hydrogen-bond donors (Lipinski definition) is 2. The maximum atomic E-state index is 8.96. The zero-order valence-corrected chi connectivity index (χ0v) is 7.68. The Labute approximate surface area is 82.5 Å². The predicted octanol–water partition coefficient (Wildman–Crippen LogP) is 0.409. The first-order valence-corrected chi connectivity index (χ1v) is 4.24. The molecule has 0 aromatic heterocycles. The van der Waals surface area contributed by atoms with Gasteiger partial charge in [-0.15, -0.1) is 0 Å². The van der Waals surface area contributed by atoms with E-state index in [1.54, 1.807) is 18.2 Å². The molecule has 0 radical (unpaired) electrons. The fourth-order valence-corrected chi connectivity index (χ4v) is 0.992. The first-order chi connectivity index (χ1) is 6.77. The summed E-state index contributed by atoms with van der Waals surface area (Å²) in [5.41, 5.74) is 6.06. The van der Waals surface area contributed by atoms with E-state index >= 15 is 0 Å². The van der Waals surface area contributed by atoms with Crippen LogP contribution in [0.25, 0.3) is 0 Å². The Morgan fingerprint density at radius 2 is 2.21 bits per heavy atom. The minimum Gasteiger partial charge on any atom is -0.490 e. The highest BCUT2D eigenvalue weighted by Crippen LogP contribution is 2.17. The van der Waals surface area contributed by atoms with Gasteiger partial charge in [0.1, 0.15) is 18.4 Å². The molecule has 1 aromatic rings. The second kappa shape index (κ2) is 5.22. The van der Waals surface area contributed by atoms with E-state index in [1.165, 1.54) is 0 Å². The zero-order chi connectivity index (χ0) is 10.4. The van der Waals surface area contributed by atoms with Gasteiger partial charge in [-0.1, -0.05) is 18.2 Å². The number of aliphatic hydroxyl groups excluding tert-OH is 1. The van der Waals surface area contributed by atoms with Crippen LogP contribution < -0.4 is 10.5 Å². The average molecular weight is 192 g/mol. The Balaban J connectivity index is 2.63. The van der Waals surface area contributed by atoms with Crippen molar-refractivity contribution in [3.63, 3.8) is 0 Å². The Morgan fingerprint density at radius 3 is 2.86 bits per heavy atom. The third-order valence-electron chi connectivity index (χ3n) is 1.73. The summed E-state index contributed by atoms with van der Waals surface area (Å²) in [5.74, 6) is 0.570. The summed E-state index contributed by atoms with van der Waals surface area (Å²) in [5, 5.41) is 17.4. The molecule has 4 nitrogen and oxygen atoms in total. The maximum absolute atomic E-state index is 8.96. The Hall–Kier alpha value is -1.57. The van der Waals surface area contributed by atoms with Crippen LogP contribution in [0.3, 0.4) is 0 Å². The first kappa shape index (κ1) is 10.5. The molecule has 4 heteroatoms. The monoisotopic (exact) mass is 192 g/mol. The molecule has 0 saturated heterocycles.